The number of hydrogen-bond acceptors (Lipinski definition) is 9. The molecule has 0 saturated carbocycles. The zero-order valence-corrected chi connectivity index (χ0v) is 19.6. The predicted molar refractivity (Wildman–Crippen MR) is 120 cm³/mol. The fourth-order valence-corrected chi connectivity index (χ4v) is 6.91. The molecule has 0 unspecified atom stereocenters. The molecule has 5 aliphatic rings. The van der Waals surface area contributed by atoms with E-state index >= 15 is 0 Å². The molecule has 190 valence electrons. The zero-order valence-electron chi connectivity index (χ0n) is 19.6. The molecule has 2 fully saturated rings. The van der Waals surface area contributed by atoms with E-state index < -0.39 is 48.9 Å². The van der Waals surface area contributed by atoms with Crippen molar-refractivity contribution in [1.29, 1.82) is 0 Å². The molecule has 1 spiro atoms. The third-order valence-electron chi connectivity index (χ3n) is 8.52. The lowest BCUT2D eigenvalue weighted by atomic mass is 9.53. The summed E-state index contributed by atoms with van der Waals surface area (Å²) in [4.78, 5) is 13.9. The maximum Gasteiger partial charge on any atom is 0.335 e. The molecule has 0 amide bonds. The monoisotopic (exact) mass is 489 g/mol. The van der Waals surface area contributed by atoms with Gasteiger partial charge in [0.25, 0.3) is 0 Å². The Morgan fingerprint density at radius 1 is 1.20 bits per heavy atom. The first kappa shape index (κ1) is 23.2. The van der Waals surface area contributed by atoms with Crippen LogP contribution in [0, 0.1) is 5.92 Å². The summed E-state index contributed by atoms with van der Waals surface area (Å²) in [5.41, 5.74) is 2.02. The summed E-state index contributed by atoms with van der Waals surface area (Å²) in [6, 6.07) is 4.37. The van der Waals surface area contributed by atoms with E-state index in [9.17, 15) is 25.2 Å². The lowest BCUT2D eigenvalue weighted by Gasteiger charge is -2.57. The van der Waals surface area contributed by atoms with Gasteiger partial charge in [0, 0.05) is 22.9 Å². The van der Waals surface area contributed by atoms with Crippen LogP contribution in [0.4, 0.5) is 0 Å². The summed E-state index contributed by atoms with van der Waals surface area (Å²) in [5.74, 6) is 0.149. The van der Waals surface area contributed by atoms with Crippen LogP contribution in [0.2, 0.25) is 0 Å². The third-order valence-corrected chi connectivity index (χ3v) is 8.52. The molecule has 2 saturated heterocycles. The largest absolute Gasteiger partial charge is 0.490 e. The molecule has 2 bridgehead atoms. The fourth-order valence-electron chi connectivity index (χ4n) is 6.91. The molecular weight excluding hydrogens is 458 g/mol. The van der Waals surface area contributed by atoms with Crippen molar-refractivity contribution >= 4 is 5.97 Å². The van der Waals surface area contributed by atoms with Gasteiger partial charge in [0.2, 0.25) is 0 Å². The van der Waals surface area contributed by atoms with Crippen LogP contribution in [0.1, 0.15) is 24.5 Å². The minimum absolute atomic E-state index is 0.188. The molecule has 1 aromatic carbocycles. The Morgan fingerprint density at radius 2 is 2.00 bits per heavy atom. The van der Waals surface area contributed by atoms with Crippen molar-refractivity contribution in [1.82, 2.24) is 4.90 Å². The lowest BCUT2D eigenvalue weighted by Crippen LogP contribution is -2.66. The van der Waals surface area contributed by atoms with Crippen LogP contribution in [0.15, 0.2) is 24.3 Å². The average Bonchev–Trinajstić information content (AvgIpc) is 3.19. The number of rotatable bonds is 5. The highest BCUT2D eigenvalue weighted by atomic mass is 16.7. The zero-order chi connectivity index (χ0) is 24.6. The highest BCUT2D eigenvalue weighted by Gasteiger charge is 2.65. The topological polar surface area (TPSA) is 138 Å². The van der Waals surface area contributed by atoms with Crippen molar-refractivity contribution in [3.8, 4) is 11.5 Å². The van der Waals surface area contributed by atoms with Gasteiger partial charge >= 0.3 is 5.97 Å². The number of benzene rings is 1. The van der Waals surface area contributed by atoms with Crippen molar-refractivity contribution < 1.29 is 44.2 Å². The van der Waals surface area contributed by atoms with Gasteiger partial charge in [0.05, 0.1) is 6.61 Å². The summed E-state index contributed by atoms with van der Waals surface area (Å²) >= 11 is 0. The molecule has 0 aromatic heterocycles. The smallest absolute Gasteiger partial charge is 0.335 e. The second-order valence-electron chi connectivity index (χ2n) is 10.2. The number of likely N-dealkylation sites (tertiary alicyclic amines) is 1. The second kappa shape index (κ2) is 8.16. The fraction of sp³-hybridized carbons (Fsp3) is 0.640. The number of carboxylic acid groups (broad SMARTS) is 1. The van der Waals surface area contributed by atoms with E-state index in [0.29, 0.717) is 18.4 Å². The Labute approximate surface area is 202 Å². The Kier molecular flexibility index (Phi) is 5.41. The average molecular weight is 490 g/mol. The summed E-state index contributed by atoms with van der Waals surface area (Å²) < 4.78 is 24.1. The Hall–Kier alpha value is -2.21. The van der Waals surface area contributed by atoms with E-state index in [0.717, 1.165) is 30.7 Å². The Balaban J connectivity index is 1.39. The van der Waals surface area contributed by atoms with Crippen LogP contribution in [0.5, 0.6) is 11.5 Å². The Bertz CT molecular complexity index is 1060. The van der Waals surface area contributed by atoms with Gasteiger partial charge in [0.15, 0.2) is 23.9 Å². The molecule has 10 nitrogen and oxygen atoms in total. The van der Waals surface area contributed by atoms with E-state index in [1.54, 1.807) is 0 Å². The Morgan fingerprint density at radius 3 is 2.74 bits per heavy atom. The van der Waals surface area contributed by atoms with Crippen molar-refractivity contribution in [3.05, 3.63) is 35.4 Å². The summed E-state index contributed by atoms with van der Waals surface area (Å²) in [5, 5.41) is 40.2. The molecule has 3 aliphatic heterocycles. The molecule has 10 atom stereocenters. The highest BCUT2D eigenvalue weighted by molar-refractivity contribution is 5.73. The number of aliphatic hydroxyl groups is 3. The van der Waals surface area contributed by atoms with Gasteiger partial charge in [-0.1, -0.05) is 18.2 Å². The maximum absolute atomic E-state index is 11.6. The molecular formula is C25H31NO9. The minimum atomic E-state index is -1.77. The van der Waals surface area contributed by atoms with Gasteiger partial charge in [-0.25, -0.2) is 4.79 Å². The number of aliphatic hydroxyl groups excluding tert-OH is 3. The SMILES string of the molecule is CCOc1ccc2c3c1O[C@H]1[C@@H](O[C@@H]4O[C@H](C(=O)O)[C@@H](O)[C@@H](O)[C@H]4O)C=C[C@H]4[C@H](C2)N(C)CC[C@@]341. The van der Waals surface area contributed by atoms with Gasteiger partial charge in [-0.05, 0) is 45.0 Å². The number of carbonyl (C=O) groups is 1. The number of likely N-dealkylation sites (N-methyl/N-ethyl adjacent to an activating group) is 1. The molecule has 6 rings (SSSR count). The number of nitrogens with zero attached hydrogens (tertiary/aromatic N) is 1. The summed E-state index contributed by atoms with van der Waals surface area (Å²) in [6.07, 6.45) is -3.67. The van der Waals surface area contributed by atoms with Crippen molar-refractivity contribution in [2.45, 2.75) is 74.1 Å². The number of hydrogen-bond donors (Lipinski definition) is 4. The first-order valence-corrected chi connectivity index (χ1v) is 12.2. The molecule has 10 heteroatoms. The van der Waals surface area contributed by atoms with E-state index in [-0.39, 0.29) is 11.3 Å². The predicted octanol–water partition coefficient (Wildman–Crippen LogP) is -0.192. The minimum Gasteiger partial charge on any atom is -0.490 e. The lowest BCUT2D eigenvalue weighted by molar-refractivity contribution is -0.307. The van der Waals surface area contributed by atoms with Crippen molar-refractivity contribution in [2.75, 3.05) is 20.2 Å². The molecule has 3 heterocycles. The van der Waals surface area contributed by atoms with Crippen LogP contribution in [0.3, 0.4) is 0 Å². The van der Waals surface area contributed by atoms with Crippen LogP contribution in [-0.2, 0) is 26.1 Å². The van der Waals surface area contributed by atoms with E-state index in [1.807, 2.05) is 19.1 Å². The quantitative estimate of drug-likeness (QED) is 0.412. The van der Waals surface area contributed by atoms with Gasteiger partial charge in [-0.15, -0.1) is 0 Å². The highest BCUT2D eigenvalue weighted by Crippen LogP contribution is 2.62. The van der Waals surface area contributed by atoms with Gasteiger partial charge < -0.3 is 44.3 Å². The van der Waals surface area contributed by atoms with Gasteiger partial charge in [0.1, 0.15) is 30.5 Å². The maximum atomic E-state index is 11.6. The van der Waals surface area contributed by atoms with Crippen LogP contribution >= 0.6 is 0 Å². The number of aliphatic carboxylic acids is 1. The molecule has 35 heavy (non-hydrogen) atoms. The molecule has 4 N–H and O–H groups in total. The van der Waals surface area contributed by atoms with Gasteiger partial charge in [-0.3, -0.25) is 0 Å². The molecule has 2 aliphatic carbocycles. The van der Waals surface area contributed by atoms with Crippen LogP contribution in [-0.4, -0.2) is 100 Å². The second-order valence-corrected chi connectivity index (χ2v) is 10.2. The van der Waals surface area contributed by atoms with E-state index in [1.165, 1.54) is 5.56 Å². The summed E-state index contributed by atoms with van der Waals surface area (Å²) in [6.45, 7) is 3.31. The molecule has 1 aromatic rings. The first-order valence-electron chi connectivity index (χ1n) is 12.2. The van der Waals surface area contributed by atoms with Crippen LogP contribution in [0.25, 0.3) is 0 Å². The number of ether oxygens (including phenoxy) is 4. The normalized spacial score (nSPS) is 43.4. The van der Waals surface area contributed by atoms with Gasteiger partial charge in [-0.2, -0.15) is 0 Å². The van der Waals surface area contributed by atoms with Crippen molar-refractivity contribution in [3.63, 3.8) is 0 Å². The number of carboxylic acids is 1. The molecule has 0 radical (unpaired) electrons. The first-order chi connectivity index (χ1) is 16.8. The summed E-state index contributed by atoms with van der Waals surface area (Å²) in [7, 11) is 2.14. The third kappa shape index (κ3) is 3.14. The number of piperidine rings is 1. The standard InChI is InChI=1S/C25H31NO9/c1-3-32-14-6-4-11-10-13-12-5-7-15(22-25(12,8-9-26(13)2)16(11)20(14)34-22)33-24-19(29)17(27)18(28)21(35-24)23(30)31/h4-7,12-13,15,17-19,21-22,24,27-29H,3,8-10H2,1-2H3,(H,30,31)/t12-,13-,15-,17+,18-,19+,21-,22-,24+,25-/m0/s1. The van der Waals surface area contributed by atoms with Crippen molar-refractivity contribution in [2.24, 2.45) is 5.92 Å². The van der Waals surface area contributed by atoms with Crippen LogP contribution < -0.4 is 9.47 Å². The van der Waals surface area contributed by atoms with E-state index in [4.69, 9.17) is 18.9 Å². The van der Waals surface area contributed by atoms with E-state index in [2.05, 4.69) is 24.1 Å².